The molecule has 0 spiro atoms. The number of anilines is 2. The molecule has 0 atom stereocenters. The number of hydrogen-bond acceptors (Lipinski definition) is 6. The summed E-state index contributed by atoms with van der Waals surface area (Å²) in [6.45, 7) is 3.37. The normalized spacial score (nSPS) is 12.6. The third-order valence-electron chi connectivity index (χ3n) is 5.81. The van der Waals surface area contributed by atoms with Crippen molar-refractivity contribution in [3.8, 4) is 11.8 Å². The fraction of sp³-hybridized carbons (Fsp3) is 0.231. The lowest BCUT2D eigenvalue weighted by Crippen LogP contribution is -2.37. The maximum Gasteiger partial charge on any atom is 0.308 e. The average Bonchev–Trinajstić information content (AvgIpc) is 3.11. The number of para-hydroxylation sites is 2. The van der Waals surface area contributed by atoms with E-state index in [0.29, 0.717) is 17.1 Å². The molecule has 0 saturated carbocycles. The van der Waals surface area contributed by atoms with Gasteiger partial charge >= 0.3 is 5.97 Å². The largest absolute Gasteiger partial charge is 0.456 e. The highest BCUT2D eigenvalue weighted by atomic mass is 32.2. The van der Waals surface area contributed by atoms with Crippen molar-refractivity contribution in [1.29, 1.82) is 5.26 Å². The molecule has 2 aromatic carbocycles. The minimum atomic E-state index is -0.588. The lowest BCUT2D eigenvalue weighted by Gasteiger charge is -2.28. The number of rotatable bonds is 7. The fourth-order valence-electron chi connectivity index (χ4n) is 3.95. The molecule has 2 heterocycles. The molecule has 3 aromatic rings. The van der Waals surface area contributed by atoms with E-state index in [1.807, 2.05) is 68.4 Å². The highest BCUT2D eigenvalue weighted by molar-refractivity contribution is 8.00. The van der Waals surface area contributed by atoms with Gasteiger partial charge in [0.05, 0.1) is 23.4 Å². The van der Waals surface area contributed by atoms with Gasteiger partial charge < -0.3 is 15.0 Å². The molecular formula is C26H24N4O4S. The molecule has 1 aliphatic rings. The molecule has 9 heteroatoms. The molecular weight excluding hydrogens is 464 g/mol. The Morgan fingerprint density at radius 1 is 1.11 bits per heavy atom. The molecule has 4 rings (SSSR count). The summed E-state index contributed by atoms with van der Waals surface area (Å²) in [5, 5.41) is 12.4. The number of ether oxygens (including phenoxy) is 1. The SMILES string of the molecule is Cc1c(C#N)c(NC(=O)COC(=O)CCN2C(=O)CSc3ccccc32)n(-c2ccccc2)c1C. The van der Waals surface area contributed by atoms with Crippen molar-refractivity contribution in [3.63, 3.8) is 0 Å². The Hall–Kier alpha value is -4.03. The number of carbonyl (C=O) groups excluding carboxylic acids is 3. The van der Waals surface area contributed by atoms with Crippen LogP contribution < -0.4 is 10.2 Å². The molecule has 1 N–H and O–H groups in total. The minimum absolute atomic E-state index is 0.0416. The summed E-state index contributed by atoms with van der Waals surface area (Å²) in [4.78, 5) is 39.9. The van der Waals surface area contributed by atoms with Gasteiger partial charge in [-0.3, -0.25) is 19.0 Å². The van der Waals surface area contributed by atoms with Crippen LogP contribution >= 0.6 is 11.8 Å². The van der Waals surface area contributed by atoms with E-state index in [4.69, 9.17) is 4.74 Å². The highest BCUT2D eigenvalue weighted by Gasteiger charge is 2.25. The van der Waals surface area contributed by atoms with Crippen molar-refractivity contribution in [3.05, 3.63) is 71.4 Å². The zero-order valence-electron chi connectivity index (χ0n) is 19.4. The standard InChI is InChI=1S/C26H24N4O4S/c1-17-18(2)30(19-8-4-3-5-9-19)26(20(17)14-27)28-23(31)15-34-25(33)12-13-29-21-10-6-7-11-22(21)35-16-24(29)32/h3-11H,12-13,15-16H2,1-2H3,(H,28,31). The van der Waals surface area contributed by atoms with Crippen LogP contribution in [0.5, 0.6) is 0 Å². The van der Waals surface area contributed by atoms with E-state index in [9.17, 15) is 19.6 Å². The van der Waals surface area contributed by atoms with Gasteiger partial charge in [0.2, 0.25) is 5.91 Å². The van der Waals surface area contributed by atoms with Crippen LogP contribution in [0.4, 0.5) is 11.5 Å². The molecule has 35 heavy (non-hydrogen) atoms. The quantitative estimate of drug-likeness (QED) is 0.505. The minimum Gasteiger partial charge on any atom is -0.456 e. The summed E-state index contributed by atoms with van der Waals surface area (Å²) in [6, 6.07) is 19.1. The van der Waals surface area contributed by atoms with Gasteiger partial charge in [-0.2, -0.15) is 5.26 Å². The van der Waals surface area contributed by atoms with Gasteiger partial charge in [0.15, 0.2) is 6.61 Å². The van der Waals surface area contributed by atoms with Crippen LogP contribution in [0.1, 0.15) is 23.2 Å². The first-order valence-electron chi connectivity index (χ1n) is 11.1. The van der Waals surface area contributed by atoms with Crippen molar-refractivity contribution in [2.24, 2.45) is 0 Å². The second-order valence-electron chi connectivity index (χ2n) is 7.98. The van der Waals surface area contributed by atoms with Gasteiger partial charge in [0.25, 0.3) is 5.91 Å². The zero-order valence-corrected chi connectivity index (χ0v) is 20.2. The van der Waals surface area contributed by atoms with Crippen LogP contribution in [-0.4, -0.2) is 41.3 Å². The van der Waals surface area contributed by atoms with Gasteiger partial charge in [-0.05, 0) is 43.7 Å². The third kappa shape index (κ3) is 5.08. The lowest BCUT2D eigenvalue weighted by atomic mass is 10.2. The van der Waals surface area contributed by atoms with Crippen LogP contribution in [0.15, 0.2) is 59.5 Å². The van der Waals surface area contributed by atoms with Crippen molar-refractivity contribution < 1.29 is 19.1 Å². The van der Waals surface area contributed by atoms with Gasteiger partial charge in [-0.25, -0.2) is 0 Å². The number of nitriles is 1. The second kappa shape index (κ2) is 10.5. The molecule has 1 aliphatic heterocycles. The predicted octanol–water partition coefficient (Wildman–Crippen LogP) is 3.98. The van der Waals surface area contributed by atoms with Crippen molar-refractivity contribution >= 4 is 41.1 Å². The van der Waals surface area contributed by atoms with Gasteiger partial charge in [-0.1, -0.05) is 30.3 Å². The zero-order chi connectivity index (χ0) is 24.9. The number of nitrogens with zero attached hydrogens (tertiary/aromatic N) is 3. The summed E-state index contributed by atoms with van der Waals surface area (Å²) in [5.41, 5.74) is 3.51. The van der Waals surface area contributed by atoms with E-state index < -0.39 is 18.5 Å². The Labute approximate surface area is 207 Å². The maximum atomic E-state index is 12.6. The van der Waals surface area contributed by atoms with Crippen LogP contribution in [0.25, 0.3) is 5.69 Å². The summed E-state index contributed by atoms with van der Waals surface area (Å²) in [5.74, 6) is -0.566. The number of hydrogen-bond donors (Lipinski definition) is 1. The van der Waals surface area contributed by atoms with Crippen molar-refractivity contribution in [2.45, 2.75) is 25.2 Å². The van der Waals surface area contributed by atoms with E-state index in [0.717, 1.165) is 27.5 Å². The summed E-state index contributed by atoms with van der Waals surface area (Å²) in [7, 11) is 0. The Morgan fingerprint density at radius 2 is 1.83 bits per heavy atom. The molecule has 2 amide bonds. The Balaban J connectivity index is 1.39. The number of carbonyl (C=O) groups is 3. The predicted molar refractivity (Wildman–Crippen MR) is 134 cm³/mol. The van der Waals surface area contributed by atoms with Crippen molar-refractivity contribution in [1.82, 2.24) is 4.57 Å². The van der Waals surface area contributed by atoms with E-state index in [1.54, 1.807) is 9.47 Å². The first kappa shape index (κ1) is 24.1. The molecule has 0 radical (unpaired) electrons. The van der Waals surface area contributed by atoms with Crippen LogP contribution in [0.2, 0.25) is 0 Å². The molecule has 1 aromatic heterocycles. The maximum absolute atomic E-state index is 12.6. The molecule has 8 nitrogen and oxygen atoms in total. The molecule has 0 saturated heterocycles. The number of esters is 1. The van der Waals surface area contributed by atoms with E-state index in [1.165, 1.54) is 11.8 Å². The van der Waals surface area contributed by atoms with Gasteiger partial charge in [0.1, 0.15) is 11.9 Å². The van der Waals surface area contributed by atoms with Crippen LogP contribution in [0, 0.1) is 25.2 Å². The molecule has 0 unspecified atom stereocenters. The van der Waals surface area contributed by atoms with Gasteiger partial charge in [0, 0.05) is 22.8 Å². The van der Waals surface area contributed by atoms with Crippen molar-refractivity contribution in [2.75, 3.05) is 29.1 Å². The molecule has 0 fully saturated rings. The summed E-state index contributed by atoms with van der Waals surface area (Å²) in [6.07, 6.45) is -0.0416. The highest BCUT2D eigenvalue weighted by Crippen LogP contribution is 2.35. The lowest BCUT2D eigenvalue weighted by molar-refractivity contribution is -0.147. The number of aromatic nitrogens is 1. The fourth-order valence-corrected chi connectivity index (χ4v) is 4.89. The van der Waals surface area contributed by atoms with E-state index in [-0.39, 0.29) is 18.9 Å². The second-order valence-corrected chi connectivity index (χ2v) is 8.99. The Bertz CT molecular complexity index is 1330. The average molecular weight is 489 g/mol. The van der Waals surface area contributed by atoms with Gasteiger partial charge in [-0.15, -0.1) is 11.8 Å². The molecule has 178 valence electrons. The summed E-state index contributed by atoms with van der Waals surface area (Å²) >= 11 is 1.47. The number of nitrogens with one attached hydrogen (secondary N) is 1. The van der Waals surface area contributed by atoms with Crippen LogP contribution in [0.3, 0.4) is 0 Å². The summed E-state index contributed by atoms with van der Waals surface area (Å²) < 4.78 is 6.96. The first-order valence-corrected chi connectivity index (χ1v) is 12.0. The molecule has 0 aliphatic carbocycles. The van der Waals surface area contributed by atoms with E-state index in [2.05, 4.69) is 11.4 Å². The topological polar surface area (TPSA) is 104 Å². The number of amides is 2. The number of thioether (sulfide) groups is 1. The smallest absolute Gasteiger partial charge is 0.308 e. The Kier molecular flexibility index (Phi) is 7.22. The van der Waals surface area contributed by atoms with E-state index >= 15 is 0 Å². The first-order chi connectivity index (χ1) is 16.9. The Morgan fingerprint density at radius 3 is 2.57 bits per heavy atom. The number of benzene rings is 2. The number of fused-ring (bicyclic) bond motifs is 1. The third-order valence-corrected chi connectivity index (χ3v) is 6.86. The monoisotopic (exact) mass is 488 g/mol. The van der Waals surface area contributed by atoms with Crippen LogP contribution in [-0.2, 0) is 19.1 Å². The molecule has 0 bridgehead atoms.